The van der Waals surface area contributed by atoms with Crippen LogP contribution in [0.1, 0.15) is 22.7 Å². The lowest BCUT2D eigenvalue weighted by atomic mass is 10.1. The smallest absolute Gasteiger partial charge is 0.409 e. The minimum Gasteiger partial charge on any atom is -0.453 e. The van der Waals surface area contributed by atoms with Crippen molar-refractivity contribution in [2.45, 2.75) is 26.4 Å². The number of nitrogens with zero attached hydrogens (tertiary/aromatic N) is 4. The molecule has 0 radical (unpaired) electrons. The van der Waals surface area contributed by atoms with Crippen LogP contribution in [0.3, 0.4) is 0 Å². The molecular weight excluding hydrogens is 288 g/mol. The number of ether oxygens (including phenoxy) is 1. The molecule has 0 aromatic carbocycles. The predicted molar refractivity (Wildman–Crippen MR) is 75.4 cm³/mol. The fraction of sp³-hybridized carbons (Fsp3) is 0.429. The fourth-order valence-electron chi connectivity index (χ4n) is 2.48. The highest BCUT2D eigenvalue weighted by Crippen LogP contribution is 2.16. The van der Waals surface area contributed by atoms with E-state index in [-0.39, 0.29) is 12.1 Å². The molecule has 1 aliphatic rings. The largest absolute Gasteiger partial charge is 0.453 e. The average molecular weight is 304 g/mol. The zero-order valence-electron chi connectivity index (χ0n) is 12.4. The molecule has 8 heteroatoms. The Bertz CT molecular complexity index is 764. The van der Waals surface area contributed by atoms with Crippen LogP contribution in [0.2, 0.25) is 0 Å². The first kappa shape index (κ1) is 14.3. The van der Waals surface area contributed by atoms with Crippen LogP contribution in [0.4, 0.5) is 4.79 Å². The molecule has 2 aromatic rings. The van der Waals surface area contributed by atoms with Gasteiger partial charge in [0.2, 0.25) is 0 Å². The Morgan fingerprint density at radius 2 is 2.27 bits per heavy atom. The van der Waals surface area contributed by atoms with Gasteiger partial charge in [-0.3, -0.25) is 4.79 Å². The molecule has 3 rings (SSSR count). The van der Waals surface area contributed by atoms with Gasteiger partial charge in [0.05, 0.1) is 25.0 Å². The van der Waals surface area contributed by atoms with Gasteiger partial charge >= 0.3 is 6.09 Å². The zero-order valence-corrected chi connectivity index (χ0v) is 12.4. The lowest BCUT2D eigenvalue weighted by Gasteiger charge is -2.26. The molecular formula is C14H16N4O4. The van der Waals surface area contributed by atoms with Crippen molar-refractivity contribution in [3.8, 4) is 0 Å². The number of hydrogen-bond acceptors (Lipinski definition) is 6. The lowest BCUT2D eigenvalue weighted by molar-refractivity contribution is 0.118. The van der Waals surface area contributed by atoms with Crippen LogP contribution in [0.5, 0.6) is 0 Å². The lowest BCUT2D eigenvalue weighted by Crippen LogP contribution is -2.38. The van der Waals surface area contributed by atoms with E-state index < -0.39 is 6.09 Å². The topological polar surface area (TPSA) is 90.5 Å². The number of carbonyl (C=O) groups is 1. The van der Waals surface area contributed by atoms with Crippen molar-refractivity contribution in [1.82, 2.24) is 19.8 Å². The molecule has 0 atom stereocenters. The van der Waals surface area contributed by atoms with Crippen LogP contribution in [0.15, 0.2) is 21.5 Å². The first-order valence-electron chi connectivity index (χ1n) is 6.92. The number of aryl methyl sites for hydroxylation is 1. The molecule has 1 amide bonds. The van der Waals surface area contributed by atoms with Crippen molar-refractivity contribution in [1.29, 1.82) is 0 Å². The normalized spacial score (nSPS) is 13.8. The van der Waals surface area contributed by atoms with Gasteiger partial charge < -0.3 is 14.2 Å². The van der Waals surface area contributed by atoms with E-state index >= 15 is 0 Å². The van der Waals surface area contributed by atoms with Gasteiger partial charge in [-0.05, 0) is 6.92 Å². The average Bonchev–Trinajstić information content (AvgIpc) is 2.92. The molecule has 0 N–H and O–H groups in total. The maximum absolute atomic E-state index is 12.2. The zero-order chi connectivity index (χ0) is 15.7. The summed E-state index contributed by atoms with van der Waals surface area (Å²) < 4.78 is 11.2. The summed E-state index contributed by atoms with van der Waals surface area (Å²) in [5.74, 6) is 0.582. The molecule has 1 aliphatic heterocycles. The van der Waals surface area contributed by atoms with E-state index in [0.717, 1.165) is 17.0 Å². The van der Waals surface area contributed by atoms with E-state index in [1.807, 2.05) is 6.92 Å². The van der Waals surface area contributed by atoms with Gasteiger partial charge in [-0.1, -0.05) is 5.16 Å². The SMILES string of the molecule is COC(=O)N1CCc2nn(Cc3cc(C)no3)c(=O)cc2C1. The summed E-state index contributed by atoms with van der Waals surface area (Å²) in [7, 11) is 1.34. The first-order valence-corrected chi connectivity index (χ1v) is 6.92. The van der Waals surface area contributed by atoms with E-state index in [1.165, 1.54) is 17.9 Å². The molecule has 8 nitrogen and oxygen atoms in total. The quantitative estimate of drug-likeness (QED) is 0.811. The molecule has 0 spiro atoms. The summed E-state index contributed by atoms with van der Waals surface area (Å²) in [6, 6.07) is 3.28. The van der Waals surface area contributed by atoms with Crippen LogP contribution < -0.4 is 5.56 Å². The van der Waals surface area contributed by atoms with Crippen molar-refractivity contribution in [2.75, 3.05) is 13.7 Å². The summed E-state index contributed by atoms with van der Waals surface area (Å²) in [5.41, 5.74) is 2.09. The van der Waals surface area contributed by atoms with E-state index in [1.54, 1.807) is 11.0 Å². The highest BCUT2D eigenvalue weighted by Gasteiger charge is 2.23. The van der Waals surface area contributed by atoms with E-state index in [4.69, 9.17) is 9.26 Å². The minimum absolute atomic E-state index is 0.237. The van der Waals surface area contributed by atoms with Gasteiger partial charge in [-0.25, -0.2) is 9.48 Å². The van der Waals surface area contributed by atoms with Gasteiger partial charge in [-0.15, -0.1) is 0 Å². The van der Waals surface area contributed by atoms with Gasteiger partial charge in [-0.2, -0.15) is 5.10 Å². The molecule has 0 saturated carbocycles. The second-order valence-corrected chi connectivity index (χ2v) is 5.19. The van der Waals surface area contributed by atoms with Crippen molar-refractivity contribution in [3.05, 3.63) is 45.2 Å². The fourth-order valence-corrected chi connectivity index (χ4v) is 2.48. The second-order valence-electron chi connectivity index (χ2n) is 5.19. The molecule has 0 unspecified atom stereocenters. The Labute approximate surface area is 126 Å². The summed E-state index contributed by atoms with van der Waals surface area (Å²) in [4.78, 5) is 25.3. The first-order chi connectivity index (χ1) is 10.6. The Balaban J connectivity index is 1.85. The number of hydrogen-bond donors (Lipinski definition) is 0. The molecule has 2 aromatic heterocycles. The Kier molecular flexibility index (Phi) is 3.66. The Morgan fingerprint density at radius 3 is 2.95 bits per heavy atom. The van der Waals surface area contributed by atoms with Crippen molar-refractivity contribution >= 4 is 6.09 Å². The van der Waals surface area contributed by atoms with Gasteiger partial charge in [0, 0.05) is 30.7 Å². The minimum atomic E-state index is -0.396. The second kappa shape index (κ2) is 5.63. The maximum Gasteiger partial charge on any atom is 0.409 e. The summed E-state index contributed by atoms with van der Waals surface area (Å²) in [6.07, 6.45) is 0.187. The van der Waals surface area contributed by atoms with Crippen LogP contribution in [0, 0.1) is 6.92 Å². The summed E-state index contributed by atoms with van der Waals surface area (Å²) in [5, 5.41) is 8.17. The maximum atomic E-state index is 12.2. The summed E-state index contributed by atoms with van der Waals surface area (Å²) >= 11 is 0. The van der Waals surface area contributed by atoms with Gasteiger partial charge in [0.15, 0.2) is 5.76 Å². The highest BCUT2D eigenvalue weighted by molar-refractivity contribution is 5.67. The molecule has 0 bridgehead atoms. The molecule has 22 heavy (non-hydrogen) atoms. The van der Waals surface area contributed by atoms with Gasteiger partial charge in [0.25, 0.3) is 5.56 Å². The molecule has 0 fully saturated rings. The third-order valence-electron chi connectivity index (χ3n) is 3.56. The van der Waals surface area contributed by atoms with Crippen LogP contribution in [0.25, 0.3) is 0 Å². The molecule has 0 aliphatic carbocycles. The number of methoxy groups -OCH3 is 1. The Hall–Kier alpha value is -2.64. The third kappa shape index (κ3) is 2.72. The number of rotatable bonds is 2. The molecule has 0 saturated heterocycles. The highest BCUT2D eigenvalue weighted by atomic mass is 16.5. The van der Waals surface area contributed by atoms with Crippen molar-refractivity contribution < 1.29 is 14.1 Å². The van der Waals surface area contributed by atoms with Crippen molar-refractivity contribution in [2.24, 2.45) is 0 Å². The van der Waals surface area contributed by atoms with Crippen LogP contribution in [-0.2, 0) is 24.2 Å². The summed E-state index contributed by atoms with van der Waals surface area (Å²) in [6.45, 7) is 2.92. The van der Waals surface area contributed by atoms with E-state index in [9.17, 15) is 9.59 Å². The van der Waals surface area contributed by atoms with E-state index in [2.05, 4.69) is 10.3 Å². The number of fused-ring (bicyclic) bond motifs is 1. The predicted octanol–water partition coefficient (Wildman–Crippen LogP) is 0.713. The third-order valence-corrected chi connectivity index (χ3v) is 3.56. The van der Waals surface area contributed by atoms with E-state index in [0.29, 0.717) is 25.3 Å². The number of amides is 1. The van der Waals surface area contributed by atoms with Crippen LogP contribution in [-0.4, -0.2) is 39.6 Å². The van der Waals surface area contributed by atoms with Crippen LogP contribution >= 0.6 is 0 Å². The van der Waals surface area contributed by atoms with Gasteiger partial charge in [0.1, 0.15) is 6.54 Å². The Morgan fingerprint density at radius 1 is 1.45 bits per heavy atom. The molecule has 116 valence electrons. The number of carbonyl (C=O) groups excluding carboxylic acids is 1. The standard InChI is InChI=1S/C14H16N4O4/c1-9-5-11(22-16-9)8-18-13(19)6-10-7-17(14(20)21-2)4-3-12(10)15-18/h5-6H,3-4,7-8H2,1-2H3. The molecule has 3 heterocycles. The number of aromatic nitrogens is 3. The van der Waals surface area contributed by atoms with Crippen molar-refractivity contribution in [3.63, 3.8) is 0 Å². The monoisotopic (exact) mass is 304 g/mol.